The van der Waals surface area contributed by atoms with E-state index in [1.54, 1.807) is 25.3 Å². The Bertz CT molecular complexity index is 1200. The van der Waals surface area contributed by atoms with Gasteiger partial charge in [0.1, 0.15) is 12.4 Å². The zero-order chi connectivity index (χ0) is 23.4. The fourth-order valence-corrected chi connectivity index (χ4v) is 4.49. The summed E-state index contributed by atoms with van der Waals surface area (Å²) in [7, 11) is 1.56. The van der Waals surface area contributed by atoms with Gasteiger partial charge in [-0.3, -0.25) is 19.5 Å². The predicted octanol–water partition coefficient (Wildman–Crippen LogP) is 3.77. The maximum atomic E-state index is 12.9. The quantitative estimate of drug-likeness (QED) is 0.544. The molecule has 0 spiro atoms. The summed E-state index contributed by atoms with van der Waals surface area (Å²) in [6.07, 6.45) is 0.824. The molecule has 1 amide bonds. The van der Waals surface area contributed by atoms with Gasteiger partial charge in [0.25, 0.3) is 5.91 Å². The van der Waals surface area contributed by atoms with Gasteiger partial charge in [-0.15, -0.1) is 0 Å². The fourth-order valence-electron chi connectivity index (χ4n) is 4.29. The molecule has 0 bridgehead atoms. The number of pyridine rings is 1. The number of carbonyl (C=O) groups is 2. The van der Waals surface area contributed by atoms with Crippen LogP contribution < -0.4 is 10.1 Å². The molecule has 172 valence electrons. The van der Waals surface area contributed by atoms with Crippen molar-refractivity contribution in [3.63, 3.8) is 0 Å². The Labute approximate surface area is 196 Å². The van der Waals surface area contributed by atoms with Gasteiger partial charge in [-0.1, -0.05) is 29.8 Å². The highest BCUT2D eigenvalue weighted by Gasteiger charge is 2.26. The van der Waals surface area contributed by atoms with Gasteiger partial charge in [0, 0.05) is 59.7 Å². The van der Waals surface area contributed by atoms with E-state index in [1.807, 2.05) is 29.2 Å². The van der Waals surface area contributed by atoms with E-state index >= 15 is 0 Å². The summed E-state index contributed by atoms with van der Waals surface area (Å²) in [5.74, 6) is 0.328. The first-order valence-electron chi connectivity index (χ1n) is 10.8. The fraction of sp³-hybridized carbons (Fsp3) is 0.320. The number of halogens is 2. The lowest BCUT2D eigenvalue weighted by Crippen LogP contribution is -2.38. The molecule has 2 heterocycles. The van der Waals surface area contributed by atoms with Crippen molar-refractivity contribution in [1.29, 1.82) is 0 Å². The first kappa shape index (κ1) is 23.1. The van der Waals surface area contributed by atoms with Gasteiger partial charge < -0.3 is 10.1 Å². The van der Waals surface area contributed by atoms with Gasteiger partial charge in [-0.25, -0.2) is 4.39 Å². The summed E-state index contributed by atoms with van der Waals surface area (Å²) in [6, 6.07) is 12.7. The van der Waals surface area contributed by atoms with Crippen LogP contribution in [-0.2, 0) is 24.2 Å². The number of ketones is 1. The van der Waals surface area contributed by atoms with Crippen molar-refractivity contribution >= 4 is 34.2 Å². The van der Waals surface area contributed by atoms with E-state index in [9.17, 15) is 14.0 Å². The Morgan fingerprint density at radius 2 is 2.06 bits per heavy atom. The van der Waals surface area contributed by atoms with Crippen molar-refractivity contribution in [1.82, 2.24) is 15.2 Å². The van der Waals surface area contributed by atoms with Crippen LogP contribution in [-0.4, -0.2) is 55.0 Å². The zero-order valence-corrected chi connectivity index (χ0v) is 19.1. The standard InChI is InChI=1S/C25H25ClFN3O3/c1-33-23-7-6-17(26)12-16(23)13-18(31)14-30-11-8-22-20(15-30)24(25(32)28-10-9-27)19-4-2-3-5-21(19)29-22/h2-7,12H,8-11,13-15H2,1H3,(H,28,32). The number of nitrogens with zero attached hydrogens (tertiary/aromatic N) is 2. The molecule has 4 rings (SSSR count). The van der Waals surface area contributed by atoms with Crippen LogP contribution in [0.4, 0.5) is 4.39 Å². The van der Waals surface area contributed by atoms with Crippen LogP contribution in [0.25, 0.3) is 10.9 Å². The van der Waals surface area contributed by atoms with Gasteiger partial charge in [-0.2, -0.15) is 0 Å². The highest BCUT2D eigenvalue weighted by Crippen LogP contribution is 2.29. The molecular formula is C25H25ClFN3O3. The molecule has 1 aliphatic heterocycles. The molecule has 1 aromatic heterocycles. The van der Waals surface area contributed by atoms with Crippen LogP contribution in [0.2, 0.25) is 5.02 Å². The van der Waals surface area contributed by atoms with Crippen LogP contribution >= 0.6 is 11.6 Å². The maximum Gasteiger partial charge on any atom is 0.252 e. The molecule has 1 aliphatic rings. The lowest BCUT2D eigenvalue weighted by Gasteiger charge is -2.29. The van der Waals surface area contributed by atoms with E-state index in [0.717, 1.165) is 27.7 Å². The summed E-state index contributed by atoms with van der Waals surface area (Å²) in [4.78, 5) is 32.6. The molecule has 3 aromatic rings. The molecule has 33 heavy (non-hydrogen) atoms. The summed E-state index contributed by atoms with van der Waals surface area (Å²) in [6.45, 7) is 0.623. The minimum absolute atomic E-state index is 0.0243. The average Bonchev–Trinajstić information content (AvgIpc) is 2.81. The van der Waals surface area contributed by atoms with Crippen LogP contribution in [0.5, 0.6) is 5.75 Å². The Hall–Kier alpha value is -3.03. The molecular weight excluding hydrogens is 445 g/mol. The Morgan fingerprint density at radius 3 is 2.85 bits per heavy atom. The molecule has 1 N–H and O–H groups in total. The first-order valence-corrected chi connectivity index (χ1v) is 11.2. The molecule has 0 atom stereocenters. The van der Waals surface area contributed by atoms with Crippen molar-refractivity contribution in [3.8, 4) is 5.75 Å². The second-order valence-corrected chi connectivity index (χ2v) is 8.44. The van der Waals surface area contributed by atoms with Crippen molar-refractivity contribution in [3.05, 3.63) is 69.9 Å². The van der Waals surface area contributed by atoms with E-state index in [1.165, 1.54) is 0 Å². The van der Waals surface area contributed by atoms with Crippen molar-refractivity contribution in [2.75, 3.05) is 33.4 Å². The molecule has 8 heteroatoms. The number of rotatable bonds is 8. The van der Waals surface area contributed by atoms with Crippen LogP contribution in [0.3, 0.4) is 0 Å². The largest absolute Gasteiger partial charge is 0.496 e. The number of nitrogens with one attached hydrogen (secondary N) is 1. The SMILES string of the molecule is COc1ccc(Cl)cc1CC(=O)CN1CCc2nc3ccccc3c(C(=O)NCCF)c2C1. The minimum Gasteiger partial charge on any atom is -0.496 e. The van der Waals surface area contributed by atoms with Gasteiger partial charge in [0.2, 0.25) is 0 Å². The third-order valence-corrected chi connectivity index (χ3v) is 6.00. The lowest BCUT2D eigenvalue weighted by molar-refractivity contribution is -0.119. The van der Waals surface area contributed by atoms with E-state index < -0.39 is 6.67 Å². The maximum absolute atomic E-state index is 12.9. The second kappa shape index (κ2) is 10.3. The van der Waals surface area contributed by atoms with Crippen LogP contribution in [0.1, 0.15) is 27.2 Å². The normalized spacial score (nSPS) is 13.5. The van der Waals surface area contributed by atoms with Crippen LogP contribution in [0, 0.1) is 0 Å². The average molecular weight is 470 g/mol. The summed E-state index contributed by atoms with van der Waals surface area (Å²) < 4.78 is 18.0. The van der Waals surface area contributed by atoms with Crippen molar-refractivity contribution in [2.45, 2.75) is 19.4 Å². The number of aromatic nitrogens is 1. The summed E-state index contributed by atoms with van der Waals surface area (Å²) in [5, 5.41) is 3.92. The number of carbonyl (C=O) groups excluding carboxylic acids is 2. The lowest BCUT2D eigenvalue weighted by atomic mass is 9.95. The molecule has 0 saturated carbocycles. The van der Waals surface area contributed by atoms with Gasteiger partial charge in [0.05, 0.1) is 24.7 Å². The van der Waals surface area contributed by atoms with Crippen LogP contribution in [0.15, 0.2) is 42.5 Å². The molecule has 0 unspecified atom stereocenters. The third kappa shape index (κ3) is 5.15. The van der Waals surface area contributed by atoms with Gasteiger partial charge in [0.15, 0.2) is 5.78 Å². The molecule has 2 aromatic carbocycles. The highest BCUT2D eigenvalue weighted by atomic mass is 35.5. The summed E-state index contributed by atoms with van der Waals surface area (Å²) in [5.41, 5.74) is 3.63. The van der Waals surface area contributed by atoms with Crippen molar-refractivity contribution < 1.29 is 18.7 Å². The number of fused-ring (bicyclic) bond motifs is 2. The van der Waals surface area contributed by atoms with Crippen molar-refractivity contribution in [2.24, 2.45) is 0 Å². The van der Waals surface area contributed by atoms with E-state index in [4.69, 9.17) is 21.3 Å². The zero-order valence-electron chi connectivity index (χ0n) is 18.4. The molecule has 0 saturated heterocycles. The second-order valence-electron chi connectivity index (χ2n) is 8.01. The third-order valence-electron chi connectivity index (χ3n) is 5.76. The number of Topliss-reactive ketones (excluding diaryl/α,β-unsaturated/α-hetero) is 1. The first-order chi connectivity index (χ1) is 16.0. The number of methoxy groups -OCH3 is 1. The highest BCUT2D eigenvalue weighted by molar-refractivity contribution is 6.30. The topological polar surface area (TPSA) is 71.5 Å². The number of alkyl halides is 1. The van der Waals surface area contributed by atoms with E-state index in [2.05, 4.69) is 5.32 Å². The predicted molar refractivity (Wildman–Crippen MR) is 126 cm³/mol. The number of ether oxygens (including phenoxy) is 1. The van der Waals surface area contributed by atoms with E-state index in [-0.39, 0.29) is 31.2 Å². The number of amides is 1. The van der Waals surface area contributed by atoms with E-state index in [0.29, 0.717) is 35.8 Å². The molecule has 0 fully saturated rings. The molecule has 0 aliphatic carbocycles. The van der Waals surface area contributed by atoms with Gasteiger partial charge in [-0.05, 0) is 24.3 Å². The number of hydrogen-bond donors (Lipinski definition) is 1. The minimum atomic E-state index is -0.634. The Morgan fingerprint density at radius 1 is 1.24 bits per heavy atom. The number of hydrogen-bond acceptors (Lipinski definition) is 5. The summed E-state index contributed by atoms with van der Waals surface area (Å²) >= 11 is 6.09. The molecule has 6 nitrogen and oxygen atoms in total. The number of benzene rings is 2. The monoisotopic (exact) mass is 469 g/mol. The molecule has 0 radical (unpaired) electrons. The Kier molecular flexibility index (Phi) is 7.20. The smallest absolute Gasteiger partial charge is 0.252 e. The Balaban J connectivity index is 1.57. The van der Waals surface area contributed by atoms with Gasteiger partial charge >= 0.3 is 0 Å². The number of para-hydroxylation sites is 1.